The lowest BCUT2D eigenvalue weighted by atomic mass is 9.92. The standard InChI is InChI=1S/C17H21NO3/c1-21-15-7-3-6-13(9-15)16-10-14(19)11-18(16)17(20)8-12-4-2-5-12/h3,6-9,14,16,19H,2,4-5,10-11H2,1H3. The number of benzene rings is 1. The lowest BCUT2D eigenvalue weighted by Crippen LogP contribution is -2.30. The number of hydrogen-bond acceptors (Lipinski definition) is 3. The van der Waals surface area contributed by atoms with E-state index in [9.17, 15) is 9.90 Å². The minimum atomic E-state index is -0.454. The number of amides is 1. The molecule has 1 aromatic rings. The van der Waals surface area contributed by atoms with Crippen LogP contribution < -0.4 is 4.74 Å². The second-order valence-electron chi connectivity index (χ2n) is 5.83. The molecule has 0 spiro atoms. The van der Waals surface area contributed by atoms with E-state index in [2.05, 4.69) is 0 Å². The molecule has 2 atom stereocenters. The summed E-state index contributed by atoms with van der Waals surface area (Å²) in [4.78, 5) is 14.2. The minimum absolute atomic E-state index is 0.0223. The number of aliphatic hydroxyl groups excluding tert-OH is 1. The number of ether oxygens (including phenoxy) is 1. The molecule has 0 bridgehead atoms. The van der Waals surface area contributed by atoms with Gasteiger partial charge in [-0.1, -0.05) is 17.7 Å². The lowest BCUT2D eigenvalue weighted by Gasteiger charge is -2.25. The Morgan fingerprint density at radius 3 is 2.90 bits per heavy atom. The van der Waals surface area contributed by atoms with E-state index in [-0.39, 0.29) is 11.9 Å². The molecule has 2 fully saturated rings. The summed E-state index contributed by atoms with van der Waals surface area (Å²) in [5, 5.41) is 9.97. The summed E-state index contributed by atoms with van der Waals surface area (Å²) in [5.41, 5.74) is 2.25. The van der Waals surface area contributed by atoms with Crippen LogP contribution in [-0.4, -0.2) is 35.7 Å². The predicted octanol–water partition coefficient (Wildman–Crippen LogP) is 2.44. The van der Waals surface area contributed by atoms with Crippen LogP contribution in [-0.2, 0) is 4.79 Å². The first-order chi connectivity index (χ1) is 10.2. The van der Waals surface area contributed by atoms with Gasteiger partial charge in [0.05, 0.1) is 19.3 Å². The van der Waals surface area contributed by atoms with E-state index < -0.39 is 6.10 Å². The van der Waals surface area contributed by atoms with Gasteiger partial charge in [-0.15, -0.1) is 0 Å². The molecule has 1 saturated carbocycles. The second kappa shape index (κ2) is 5.90. The van der Waals surface area contributed by atoms with Crippen molar-refractivity contribution in [2.45, 2.75) is 37.8 Å². The fourth-order valence-corrected chi connectivity index (χ4v) is 3.00. The Bertz CT molecular complexity index is 561. The van der Waals surface area contributed by atoms with Crippen molar-refractivity contribution in [3.63, 3.8) is 0 Å². The monoisotopic (exact) mass is 287 g/mol. The Morgan fingerprint density at radius 1 is 1.43 bits per heavy atom. The molecule has 1 N–H and O–H groups in total. The van der Waals surface area contributed by atoms with Gasteiger partial charge >= 0.3 is 0 Å². The van der Waals surface area contributed by atoms with Gasteiger partial charge in [-0.2, -0.15) is 0 Å². The molecular formula is C17H21NO3. The van der Waals surface area contributed by atoms with E-state index in [4.69, 9.17) is 4.74 Å². The summed E-state index contributed by atoms with van der Waals surface area (Å²) >= 11 is 0. The number of methoxy groups -OCH3 is 1. The van der Waals surface area contributed by atoms with Crippen molar-refractivity contribution in [3.05, 3.63) is 41.5 Å². The van der Waals surface area contributed by atoms with Gasteiger partial charge in [-0.3, -0.25) is 4.79 Å². The molecule has 3 rings (SSSR count). The van der Waals surface area contributed by atoms with E-state index in [1.54, 1.807) is 18.1 Å². The molecule has 1 saturated heterocycles. The zero-order chi connectivity index (χ0) is 14.8. The van der Waals surface area contributed by atoms with Gasteiger partial charge in [0.1, 0.15) is 5.75 Å². The molecule has 1 aromatic carbocycles. The van der Waals surface area contributed by atoms with Gasteiger partial charge < -0.3 is 14.7 Å². The SMILES string of the molecule is COc1cccc(C2CC(O)CN2C(=O)C=C2CCC2)c1. The molecule has 112 valence electrons. The Morgan fingerprint density at radius 2 is 2.24 bits per heavy atom. The van der Waals surface area contributed by atoms with Crippen molar-refractivity contribution in [1.82, 2.24) is 4.90 Å². The number of nitrogens with zero attached hydrogens (tertiary/aromatic N) is 1. The minimum Gasteiger partial charge on any atom is -0.497 e. The second-order valence-corrected chi connectivity index (χ2v) is 5.83. The van der Waals surface area contributed by atoms with Crippen molar-refractivity contribution < 1.29 is 14.6 Å². The van der Waals surface area contributed by atoms with Gasteiger partial charge in [0.2, 0.25) is 5.91 Å². The molecule has 0 radical (unpaired) electrons. The first-order valence-electron chi connectivity index (χ1n) is 7.49. The van der Waals surface area contributed by atoms with Crippen LogP contribution in [0.1, 0.15) is 37.3 Å². The molecule has 0 aromatic heterocycles. The predicted molar refractivity (Wildman–Crippen MR) is 80.0 cm³/mol. The molecule has 21 heavy (non-hydrogen) atoms. The zero-order valence-electron chi connectivity index (χ0n) is 12.3. The Hall–Kier alpha value is -1.81. The fraction of sp³-hybridized carbons (Fsp3) is 0.471. The van der Waals surface area contributed by atoms with Crippen LogP contribution in [0, 0.1) is 0 Å². The molecule has 4 heteroatoms. The maximum Gasteiger partial charge on any atom is 0.247 e. The third kappa shape index (κ3) is 2.95. The van der Waals surface area contributed by atoms with Crippen molar-refractivity contribution in [2.75, 3.05) is 13.7 Å². The molecular weight excluding hydrogens is 266 g/mol. The summed E-state index contributed by atoms with van der Waals surface area (Å²) in [6.45, 7) is 0.407. The van der Waals surface area contributed by atoms with E-state index >= 15 is 0 Å². The van der Waals surface area contributed by atoms with E-state index in [0.717, 1.165) is 24.2 Å². The molecule has 2 unspecified atom stereocenters. The van der Waals surface area contributed by atoms with Crippen LogP contribution in [0.2, 0.25) is 0 Å². The lowest BCUT2D eigenvalue weighted by molar-refractivity contribution is -0.127. The first kappa shape index (κ1) is 14.1. The van der Waals surface area contributed by atoms with Crippen LogP contribution in [0.15, 0.2) is 35.9 Å². The Balaban J connectivity index is 1.82. The highest BCUT2D eigenvalue weighted by Crippen LogP contribution is 2.34. The number of likely N-dealkylation sites (tertiary alicyclic amines) is 1. The number of rotatable bonds is 3. The highest BCUT2D eigenvalue weighted by Gasteiger charge is 2.34. The van der Waals surface area contributed by atoms with Gasteiger partial charge in [-0.05, 0) is 43.4 Å². The molecule has 1 aliphatic carbocycles. The van der Waals surface area contributed by atoms with Crippen molar-refractivity contribution >= 4 is 5.91 Å². The van der Waals surface area contributed by atoms with E-state index in [0.29, 0.717) is 13.0 Å². The first-order valence-corrected chi connectivity index (χ1v) is 7.49. The van der Waals surface area contributed by atoms with Crippen LogP contribution >= 0.6 is 0 Å². The average Bonchev–Trinajstić information content (AvgIpc) is 2.85. The fourth-order valence-electron chi connectivity index (χ4n) is 3.00. The number of carbonyl (C=O) groups excluding carboxylic acids is 1. The Kier molecular flexibility index (Phi) is 3.97. The largest absolute Gasteiger partial charge is 0.497 e. The maximum atomic E-state index is 12.4. The highest BCUT2D eigenvalue weighted by atomic mass is 16.5. The molecule has 1 heterocycles. The maximum absolute atomic E-state index is 12.4. The number of carbonyl (C=O) groups is 1. The molecule has 1 aliphatic heterocycles. The van der Waals surface area contributed by atoms with Crippen LogP contribution in [0.25, 0.3) is 0 Å². The molecule has 1 amide bonds. The van der Waals surface area contributed by atoms with Gasteiger partial charge in [-0.25, -0.2) is 0 Å². The summed E-state index contributed by atoms with van der Waals surface area (Å²) in [6.07, 6.45) is 5.14. The summed E-state index contributed by atoms with van der Waals surface area (Å²) in [7, 11) is 1.63. The quantitative estimate of drug-likeness (QED) is 0.869. The van der Waals surface area contributed by atoms with Crippen LogP contribution in [0.4, 0.5) is 0 Å². The third-order valence-electron chi connectivity index (χ3n) is 4.36. The van der Waals surface area contributed by atoms with Gasteiger partial charge in [0.15, 0.2) is 0 Å². The Labute approximate surface area is 125 Å². The number of allylic oxidation sites excluding steroid dienone is 1. The van der Waals surface area contributed by atoms with Crippen LogP contribution in [0.3, 0.4) is 0 Å². The van der Waals surface area contributed by atoms with E-state index in [1.807, 2.05) is 24.3 Å². The third-order valence-corrected chi connectivity index (χ3v) is 4.36. The topological polar surface area (TPSA) is 49.8 Å². The van der Waals surface area contributed by atoms with Gasteiger partial charge in [0.25, 0.3) is 0 Å². The summed E-state index contributed by atoms with van der Waals surface area (Å²) in [6, 6.07) is 7.67. The van der Waals surface area contributed by atoms with E-state index in [1.165, 1.54) is 12.0 Å². The summed E-state index contributed by atoms with van der Waals surface area (Å²) < 4.78 is 5.25. The zero-order valence-corrected chi connectivity index (χ0v) is 12.3. The number of β-amino-alcohol motifs (C(OH)–C–C–N with tert-alkyl or cyclic N) is 1. The van der Waals surface area contributed by atoms with Crippen molar-refractivity contribution in [2.24, 2.45) is 0 Å². The molecule has 4 nitrogen and oxygen atoms in total. The normalized spacial score (nSPS) is 24.7. The van der Waals surface area contributed by atoms with Gasteiger partial charge in [0, 0.05) is 12.6 Å². The van der Waals surface area contributed by atoms with Crippen LogP contribution in [0.5, 0.6) is 5.75 Å². The smallest absolute Gasteiger partial charge is 0.247 e. The highest BCUT2D eigenvalue weighted by molar-refractivity contribution is 5.89. The van der Waals surface area contributed by atoms with Crippen molar-refractivity contribution in [3.8, 4) is 5.75 Å². The molecule has 2 aliphatic rings. The summed E-state index contributed by atoms with van der Waals surface area (Å²) in [5.74, 6) is 0.799. The number of hydrogen-bond donors (Lipinski definition) is 1. The van der Waals surface area contributed by atoms with Crippen molar-refractivity contribution in [1.29, 1.82) is 0 Å². The average molecular weight is 287 g/mol. The number of aliphatic hydroxyl groups is 1.